The molecule has 0 spiro atoms. The molecule has 1 atom stereocenters. The molecule has 152 valence electrons. The van der Waals surface area contributed by atoms with Gasteiger partial charge in [0.25, 0.3) is 5.91 Å². The number of nitrogens with one attached hydrogen (secondary N) is 1. The molecule has 7 heteroatoms. The van der Waals surface area contributed by atoms with Crippen LogP contribution in [0, 0.1) is 0 Å². The Morgan fingerprint density at radius 2 is 2.00 bits per heavy atom. The molecule has 2 aliphatic rings. The molecule has 1 saturated heterocycles. The zero-order valence-electron chi connectivity index (χ0n) is 16.3. The number of ether oxygens (including phenoxy) is 3. The van der Waals surface area contributed by atoms with Crippen LogP contribution in [0.3, 0.4) is 0 Å². The minimum atomic E-state index is -0.227. The highest BCUT2D eigenvalue weighted by Crippen LogP contribution is 2.32. The van der Waals surface area contributed by atoms with E-state index in [0.717, 1.165) is 30.0 Å². The highest BCUT2D eigenvalue weighted by Gasteiger charge is 2.22. The SMILES string of the molecule is CC(NC(=O)COc1cccc(N2CCCC2=O)c1)c1ccc2c(c1)OCCO2. The normalized spacial score (nSPS) is 16.4. The molecule has 2 aliphatic heterocycles. The largest absolute Gasteiger partial charge is 0.486 e. The summed E-state index contributed by atoms with van der Waals surface area (Å²) in [6, 6.07) is 12.7. The number of hydrogen-bond acceptors (Lipinski definition) is 5. The monoisotopic (exact) mass is 396 g/mol. The van der Waals surface area contributed by atoms with E-state index in [9.17, 15) is 9.59 Å². The van der Waals surface area contributed by atoms with Crippen molar-refractivity contribution in [1.29, 1.82) is 0 Å². The predicted molar refractivity (Wildman–Crippen MR) is 108 cm³/mol. The third-order valence-electron chi connectivity index (χ3n) is 5.02. The van der Waals surface area contributed by atoms with Gasteiger partial charge in [-0.1, -0.05) is 12.1 Å². The molecular formula is C22H24N2O5. The third-order valence-corrected chi connectivity index (χ3v) is 5.02. The van der Waals surface area contributed by atoms with Crippen molar-refractivity contribution in [3.63, 3.8) is 0 Å². The smallest absolute Gasteiger partial charge is 0.258 e. The van der Waals surface area contributed by atoms with E-state index < -0.39 is 0 Å². The highest BCUT2D eigenvalue weighted by molar-refractivity contribution is 5.95. The van der Waals surface area contributed by atoms with E-state index >= 15 is 0 Å². The predicted octanol–water partition coefficient (Wildman–Crippen LogP) is 2.84. The minimum absolute atomic E-state index is 0.105. The van der Waals surface area contributed by atoms with Gasteiger partial charge < -0.3 is 24.4 Å². The van der Waals surface area contributed by atoms with Gasteiger partial charge in [0.2, 0.25) is 5.91 Å². The Balaban J connectivity index is 1.32. The molecule has 2 aromatic carbocycles. The summed E-state index contributed by atoms with van der Waals surface area (Å²) in [6.45, 7) is 3.58. The maximum Gasteiger partial charge on any atom is 0.258 e. The molecule has 0 radical (unpaired) electrons. The number of carbonyl (C=O) groups is 2. The Morgan fingerprint density at radius 3 is 2.79 bits per heavy atom. The van der Waals surface area contributed by atoms with Gasteiger partial charge in [-0.2, -0.15) is 0 Å². The van der Waals surface area contributed by atoms with Gasteiger partial charge in [0, 0.05) is 24.7 Å². The average Bonchev–Trinajstić information content (AvgIpc) is 3.18. The Bertz CT molecular complexity index is 914. The summed E-state index contributed by atoms with van der Waals surface area (Å²) in [4.78, 5) is 26.0. The van der Waals surface area contributed by atoms with Crippen LogP contribution in [-0.4, -0.2) is 38.2 Å². The van der Waals surface area contributed by atoms with Gasteiger partial charge in [0.15, 0.2) is 18.1 Å². The fourth-order valence-corrected chi connectivity index (χ4v) is 3.51. The Kier molecular flexibility index (Phi) is 5.55. The van der Waals surface area contributed by atoms with Gasteiger partial charge in [-0.3, -0.25) is 9.59 Å². The standard InChI is InChI=1S/C22H24N2O5/c1-15(16-7-8-19-20(12-16)28-11-10-27-19)23-21(25)14-29-18-5-2-4-17(13-18)24-9-3-6-22(24)26/h2,4-5,7-8,12-13,15H,3,6,9-11,14H2,1H3,(H,23,25). The number of carbonyl (C=O) groups excluding carboxylic acids is 2. The van der Waals surface area contributed by atoms with Crippen LogP contribution in [0.2, 0.25) is 0 Å². The number of benzene rings is 2. The average molecular weight is 396 g/mol. The van der Waals surface area contributed by atoms with Crippen LogP contribution < -0.4 is 24.4 Å². The summed E-state index contributed by atoms with van der Waals surface area (Å²) in [7, 11) is 0. The molecule has 29 heavy (non-hydrogen) atoms. The van der Waals surface area contributed by atoms with E-state index in [2.05, 4.69) is 5.32 Å². The molecule has 2 amide bonds. The van der Waals surface area contributed by atoms with Gasteiger partial charge in [-0.05, 0) is 43.2 Å². The summed E-state index contributed by atoms with van der Waals surface area (Å²) in [5, 5.41) is 2.93. The van der Waals surface area contributed by atoms with Gasteiger partial charge in [-0.15, -0.1) is 0 Å². The summed E-state index contributed by atoms with van der Waals surface area (Å²) < 4.78 is 16.8. The van der Waals surface area contributed by atoms with Crippen molar-refractivity contribution in [2.75, 3.05) is 31.3 Å². The zero-order chi connectivity index (χ0) is 20.2. The maximum absolute atomic E-state index is 12.3. The topological polar surface area (TPSA) is 77.1 Å². The molecule has 1 N–H and O–H groups in total. The summed E-state index contributed by atoms with van der Waals surface area (Å²) in [5.41, 5.74) is 1.73. The second-order valence-corrected chi connectivity index (χ2v) is 7.13. The Labute approximate surface area is 169 Å². The van der Waals surface area contributed by atoms with Gasteiger partial charge in [0.1, 0.15) is 19.0 Å². The summed E-state index contributed by atoms with van der Waals surface area (Å²) in [6.07, 6.45) is 1.44. The quantitative estimate of drug-likeness (QED) is 0.813. The Morgan fingerprint density at radius 1 is 1.17 bits per heavy atom. The van der Waals surface area contributed by atoms with Crippen molar-refractivity contribution in [2.45, 2.75) is 25.8 Å². The van der Waals surface area contributed by atoms with Crippen molar-refractivity contribution < 1.29 is 23.8 Å². The summed E-state index contributed by atoms with van der Waals surface area (Å²) >= 11 is 0. The van der Waals surface area contributed by atoms with Crippen LogP contribution in [0.4, 0.5) is 5.69 Å². The molecule has 4 rings (SSSR count). The lowest BCUT2D eigenvalue weighted by Gasteiger charge is -2.21. The molecule has 0 aromatic heterocycles. The minimum Gasteiger partial charge on any atom is -0.486 e. The third kappa shape index (κ3) is 4.45. The number of rotatable bonds is 6. The van der Waals surface area contributed by atoms with Crippen LogP contribution in [0.15, 0.2) is 42.5 Å². The second kappa shape index (κ2) is 8.43. The number of fused-ring (bicyclic) bond motifs is 1. The van der Waals surface area contributed by atoms with E-state index in [-0.39, 0.29) is 24.5 Å². The van der Waals surface area contributed by atoms with Crippen LogP contribution in [0.1, 0.15) is 31.4 Å². The molecule has 7 nitrogen and oxygen atoms in total. The fourth-order valence-electron chi connectivity index (χ4n) is 3.51. The molecule has 1 fully saturated rings. The number of hydrogen-bond donors (Lipinski definition) is 1. The first kappa shape index (κ1) is 19.1. The van der Waals surface area contributed by atoms with Crippen molar-refractivity contribution in [2.24, 2.45) is 0 Å². The first-order valence-corrected chi connectivity index (χ1v) is 9.82. The van der Waals surface area contributed by atoms with E-state index in [0.29, 0.717) is 31.1 Å². The number of anilines is 1. The molecular weight excluding hydrogens is 372 g/mol. The number of nitrogens with zero attached hydrogens (tertiary/aromatic N) is 1. The van der Waals surface area contributed by atoms with Crippen molar-refractivity contribution >= 4 is 17.5 Å². The fraction of sp³-hybridized carbons (Fsp3) is 0.364. The summed E-state index contributed by atoms with van der Waals surface area (Å²) in [5.74, 6) is 1.87. The van der Waals surface area contributed by atoms with Crippen LogP contribution in [-0.2, 0) is 9.59 Å². The van der Waals surface area contributed by atoms with Crippen LogP contribution >= 0.6 is 0 Å². The van der Waals surface area contributed by atoms with Crippen molar-refractivity contribution in [3.8, 4) is 17.2 Å². The maximum atomic E-state index is 12.3. The van der Waals surface area contributed by atoms with Crippen LogP contribution in [0.5, 0.6) is 17.2 Å². The highest BCUT2D eigenvalue weighted by atomic mass is 16.6. The molecule has 0 saturated carbocycles. The van der Waals surface area contributed by atoms with Gasteiger partial charge in [0.05, 0.1) is 6.04 Å². The zero-order valence-corrected chi connectivity index (χ0v) is 16.3. The lowest BCUT2D eigenvalue weighted by atomic mass is 10.1. The van der Waals surface area contributed by atoms with E-state index in [1.54, 1.807) is 17.0 Å². The van der Waals surface area contributed by atoms with E-state index in [1.165, 1.54) is 0 Å². The lowest BCUT2D eigenvalue weighted by molar-refractivity contribution is -0.123. The Hall–Kier alpha value is -3.22. The molecule has 0 aliphatic carbocycles. The first-order chi connectivity index (χ1) is 14.1. The first-order valence-electron chi connectivity index (χ1n) is 9.82. The lowest BCUT2D eigenvalue weighted by Crippen LogP contribution is -2.31. The van der Waals surface area contributed by atoms with Gasteiger partial charge >= 0.3 is 0 Å². The van der Waals surface area contributed by atoms with Crippen molar-refractivity contribution in [1.82, 2.24) is 5.32 Å². The second-order valence-electron chi connectivity index (χ2n) is 7.13. The van der Waals surface area contributed by atoms with E-state index in [1.807, 2.05) is 37.3 Å². The number of amides is 2. The molecule has 0 bridgehead atoms. The molecule has 2 heterocycles. The molecule has 2 aromatic rings. The van der Waals surface area contributed by atoms with Crippen molar-refractivity contribution in [3.05, 3.63) is 48.0 Å². The van der Waals surface area contributed by atoms with Gasteiger partial charge in [-0.25, -0.2) is 0 Å². The van der Waals surface area contributed by atoms with E-state index in [4.69, 9.17) is 14.2 Å². The molecule has 1 unspecified atom stereocenters. The van der Waals surface area contributed by atoms with Crippen LogP contribution in [0.25, 0.3) is 0 Å².